The van der Waals surface area contributed by atoms with Gasteiger partial charge in [0.15, 0.2) is 0 Å². The number of urea groups is 1. The van der Waals surface area contributed by atoms with Gasteiger partial charge in [-0.2, -0.15) is 5.10 Å². The summed E-state index contributed by atoms with van der Waals surface area (Å²) in [5.41, 5.74) is 1.22. The summed E-state index contributed by atoms with van der Waals surface area (Å²) < 4.78 is 14.7. The maximum absolute atomic E-state index is 13.0. The van der Waals surface area contributed by atoms with Gasteiger partial charge < -0.3 is 5.32 Å². The lowest BCUT2D eigenvalue weighted by atomic mass is 10.3. The van der Waals surface area contributed by atoms with Gasteiger partial charge in [0.25, 0.3) is 0 Å². The minimum Gasteiger partial charge on any atom is -0.308 e. The Bertz CT molecular complexity index is 594. The van der Waals surface area contributed by atoms with E-state index in [2.05, 4.69) is 15.7 Å². The van der Waals surface area contributed by atoms with Crippen LogP contribution in [-0.4, -0.2) is 15.8 Å². The zero-order valence-electron chi connectivity index (χ0n) is 10.8. The van der Waals surface area contributed by atoms with Gasteiger partial charge in [0.05, 0.1) is 5.69 Å². The van der Waals surface area contributed by atoms with E-state index in [1.807, 2.05) is 13.8 Å². The first kappa shape index (κ1) is 13.1. The Hall–Kier alpha value is -2.37. The van der Waals surface area contributed by atoms with Gasteiger partial charge >= 0.3 is 6.03 Å². The molecule has 2 N–H and O–H groups in total. The number of rotatable bonds is 3. The Balaban J connectivity index is 2.05. The molecule has 0 atom stereocenters. The first-order valence-electron chi connectivity index (χ1n) is 5.96. The lowest BCUT2D eigenvalue weighted by molar-refractivity contribution is 0.262. The van der Waals surface area contributed by atoms with Gasteiger partial charge in [-0.3, -0.25) is 5.32 Å². The standard InChI is InChI=1S/C13H15FN4O/c1-3-18-12(7-9(2)17-18)16-13(19)15-11-6-4-5-10(14)8-11/h4-8H,3H2,1-2H3,(H2,15,16,19). The Morgan fingerprint density at radius 1 is 1.37 bits per heavy atom. The van der Waals surface area contributed by atoms with Crippen LogP contribution in [-0.2, 0) is 6.54 Å². The average molecular weight is 262 g/mol. The van der Waals surface area contributed by atoms with Gasteiger partial charge in [-0.25, -0.2) is 13.9 Å². The second-order valence-electron chi connectivity index (χ2n) is 4.08. The van der Waals surface area contributed by atoms with E-state index in [9.17, 15) is 9.18 Å². The first-order chi connectivity index (χ1) is 9.08. The van der Waals surface area contributed by atoms with E-state index < -0.39 is 11.8 Å². The molecule has 1 aromatic heterocycles. The van der Waals surface area contributed by atoms with E-state index in [0.717, 1.165) is 5.69 Å². The molecule has 0 radical (unpaired) electrons. The van der Waals surface area contributed by atoms with Crippen molar-refractivity contribution in [2.45, 2.75) is 20.4 Å². The van der Waals surface area contributed by atoms with Gasteiger partial charge in [0, 0.05) is 18.3 Å². The first-order valence-corrected chi connectivity index (χ1v) is 5.96. The number of nitrogens with zero attached hydrogens (tertiary/aromatic N) is 2. The molecule has 0 unspecified atom stereocenters. The maximum atomic E-state index is 13.0. The van der Waals surface area contributed by atoms with Gasteiger partial charge in [0.1, 0.15) is 11.6 Å². The van der Waals surface area contributed by atoms with E-state index in [1.165, 1.54) is 18.2 Å². The highest BCUT2D eigenvalue weighted by molar-refractivity contribution is 5.99. The van der Waals surface area contributed by atoms with Gasteiger partial charge in [-0.1, -0.05) is 6.07 Å². The van der Waals surface area contributed by atoms with Gasteiger partial charge in [0.2, 0.25) is 0 Å². The smallest absolute Gasteiger partial charge is 0.308 e. The second kappa shape index (κ2) is 5.51. The molecule has 2 aromatic rings. The number of aromatic nitrogens is 2. The summed E-state index contributed by atoms with van der Waals surface area (Å²) in [6.07, 6.45) is 0. The molecule has 0 fully saturated rings. The van der Waals surface area contributed by atoms with Crippen molar-refractivity contribution in [1.29, 1.82) is 0 Å². The average Bonchev–Trinajstić information content (AvgIpc) is 2.69. The normalized spacial score (nSPS) is 10.3. The van der Waals surface area contributed by atoms with Crippen LogP contribution >= 0.6 is 0 Å². The molecular weight excluding hydrogens is 247 g/mol. The van der Waals surface area contributed by atoms with E-state index >= 15 is 0 Å². The third-order valence-corrected chi connectivity index (χ3v) is 2.53. The minimum atomic E-state index is -0.430. The monoisotopic (exact) mass is 262 g/mol. The fourth-order valence-electron chi connectivity index (χ4n) is 1.73. The molecule has 6 heteroatoms. The van der Waals surface area contributed by atoms with E-state index in [4.69, 9.17) is 0 Å². The lowest BCUT2D eigenvalue weighted by Gasteiger charge is -2.08. The van der Waals surface area contributed by atoms with E-state index in [-0.39, 0.29) is 0 Å². The number of halogens is 1. The number of benzene rings is 1. The van der Waals surface area contributed by atoms with E-state index in [0.29, 0.717) is 18.1 Å². The number of aryl methyl sites for hydroxylation is 2. The molecule has 19 heavy (non-hydrogen) atoms. The number of hydrogen-bond donors (Lipinski definition) is 2. The Morgan fingerprint density at radius 2 is 2.16 bits per heavy atom. The summed E-state index contributed by atoms with van der Waals surface area (Å²) >= 11 is 0. The highest BCUT2D eigenvalue weighted by Gasteiger charge is 2.08. The summed E-state index contributed by atoms with van der Waals surface area (Å²) in [5.74, 6) is 0.209. The summed E-state index contributed by atoms with van der Waals surface area (Å²) in [5, 5.41) is 9.46. The molecule has 0 saturated carbocycles. The van der Waals surface area contributed by atoms with Crippen LogP contribution in [0.1, 0.15) is 12.6 Å². The molecule has 2 rings (SSSR count). The molecule has 0 bridgehead atoms. The molecule has 0 aliphatic heterocycles. The Kier molecular flexibility index (Phi) is 3.79. The predicted octanol–water partition coefficient (Wildman–Crippen LogP) is 2.99. The van der Waals surface area contributed by atoms with Gasteiger partial charge in [-0.15, -0.1) is 0 Å². The van der Waals surface area contributed by atoms with Crippen molar-refractivity contribution in [3.05, 3.63) is 41.8 Å². The molecule has 1 heterocycles. The van der Waals surface area contributed by atoms with Crippen LogP contribution in [0, 0.1) is 12.7 Å². The van der Waals surface area contributed by atoms with Crippen molar-refractivity contribution in [2.24, 2.45) is 0 Å². The molecule has 0 aliphatic carbocycles. The fourth-order valence-corrected chi connectivity index (χ4v) is 1.73. The number of amides is 2. The molecule has 5 nitrogen and oxygen atoms in total. The molecule has 1 aromatic carbocycles. The predicted molar refractivity (Wildman–Crippen MR) is 71.7 cm³/mol. The van der Waals surface area contributed by atoms with Crippen LogP contribution in [0.25, 0.3) is 0 Å². The quantitative estimate of drug-likeness (QED) is 0.893. The van der Waals surface area contributed by atoms with Crippen LogP contribution in [0.3, 0.4) is 0 Å². The van der Waals surface area contributed by atoms with Crippen LogP contribution < -0.4 is 10.6 Å². The fraction of sp³-hybridized carbons (Fsp3) is 0.231. The Labute approximate surface area is 110 Å². The van der Waals surface area contributed by atoms with Crippen LogP contribution in [0.4, 0.5) is 20.7 Å². The number of anilines is 2. The number of carbonyl (C=O) groups excluding carboxylic acids is 1. The largest absolute Gasteiger partial charge is 0.324 e. The Morgan fingerprint density at radius 3 is 2.84 bits per heavy atom. The third kappa shape index (κ3) is 3.31. The molecular formula is C13H15FN4O. The van der Waals surface area contributed by atoms with Crippen LogP contribution in [0.5, 0.6) is 0 Å². The summed E-state index contributed by atoms with van der Waals surface area (Å²) in [4.78, 5) is 11.8. The van der Waals surface area contributed by atoms with Gasteiger partial charge in [-0.05, 0) is 32.0 Å². The number of nitrogens with one attached hydrogen (secondary N) is 2. The summed E-state index contributed by atoms with van der Waals surface area (Å²) in [6, 6.07) is 7.06. The van der Waals surface area contributed by atoms with Crippen molar-refractivity contribution in [1.82, 2.24) is 9.78 Å². The topological polar surface area (TPSA) is 59.0 Å². The number of hydrogen-bond acceptors (Lipinski definition) is 2. The summed E-state index contributed by atoms with van der Waals surface area (Å²) in [6.45, 7) is 4.44. The van der Waals surface area contributed by atoms with Crippen molar-refractivity contribution in [2.75, 3.05) is 10.6 Å². The highest BCUT2D eigenvalue weighted by Crippen LogP contribution is 2.12. The van der Waals surface area contributed by atoms with Crippen molar-refractivity contribution >= 4 is 17.5 Å². The second-order valence-corrected chi connectivity index (χ2v) is 4.08. The summed E-state index contributed by atoms with van der Waals surface area (Å²) in [7, 11) is 0. The molecule has 100 valence electrons. The number of carbonyl (C=O) groups is 1. The third-order valence-electron chi connectivity index (χ3n) is 2.53. The maximum Gasteiger partial charge on any atom is 0.324 e. The molecule has 2 amide bonds. The minimum absolute atomic E-state index is 0.396. The molecule has 0 saturated heterocycles. The van der Waals surface area contributed by atoms with Crippen molar-refractivity contribution in [3.63, 3.8) is 0 Å². The lowest BCUT2D eigenvalue weighted by Crippen LogP contribution is -2.21. The highest BCUT2D eigenvalue weighted by atomic mass is 19.1. The van der Waals surface area contributed by atoms with Crippen molar-refractivity contribution in [3.8, 4) is 0 Å². The SMILES string of the molecule is CCn1nc(C)cc1NC(=O)Nc1cccc(F)c1. The van der Waals surface area contributed by atoms with E-state index in [1.54, 1.807) is 16.8 Å². The van der Waals surface area contributed by atoms with Crippen LogP contribution in [0.2, 0.25) is 0 Å². The van der Waals surface area contributed by atoms with Crippen LogP contribution in [0.15, 0.2) is 30.3 Å². The zero-order valence-corrected chi connectivity index (χ0v) is 10.8. The molecule has 0 spiro atoms. The molecule has 0 aliphatic rings. The van der Waals surface area contributed by atoms with Crippen molar-refractivity contribution < 1.29 is 9.18 Å². The zero-order chi connectivity index (χ0) is 13.8.